The smallest absolute Gasteiger partial charge is 0.244 e. The lowest BCUT2D eigenvalue weighted by atomic mass is 10.0. The zero-order chi connectivity index (χ0) is 29.0. The van der Waals surface area contributed by atoms with Crippen LogP contribution >= 0.6 is 0 Å². The van der Waals surface area contributed by atoms with E-state index >= 15 is 0 Å². The molecule has 0 unspecified atom stereocenters. The number of hydrogen-bond acceptors (Lipinski definition) is 6. The van der Waals surface area contributed by atoms with Crippen LogP contribution in [0.2, 0.25) is 0 Å². The van der Waals surface area contributed by atoms with Crippen LogP contribution < -0.4 is 5.32 Å². The molecule has 0 spiro atoms. The molecule has 0 aromatic carbocycles. The molecular formula is C32H61NO6. The van der Waals surface area contributed by atoms with Crippen molar-refractivity contribution in [2.75, 3.05) is 6.61 Å². The fourth-order valence-electron chi connectivity index (χ4n) is 4.84. The van der Waals surface area contributed by atoms with E-state index in [2.05, 4.69) is 12.2 Å². The third-order valence-corrected chi connectivity index (χ3v) is 7.50. The van der Waals surface area contributed by atoms with Gasteiger partial charge in [0.15, 0.2) is 0 Å². The van der Waals surface area contributed by atoms with E-state index in [4.69, 9.17) is 5.11 Å². The Bertz CT molecular complexity index is 585. The first-order valence-corrected chi connectivity index (χ1v) is 16.0. The molecule has 0 fully saturated rings. The Morgan fingerprint density at radius 3 is 1.38 bits per heavy atom. The Labute approximate surface area is 238 Å². The highest BCUT2D eigenvalue weighted by Gasteiger charge is 2.31. The molecular weight excluding hydrogens is 494 g/mol. The summed E-state index contributed by atoms with van der Waals surface area (Å²) in [5.41, 5.74) is 0. The molecule has 1 amide bonds. The minimum Gasteiger partial charge on any atom is -0.394 e. The van der Waals surface area contributed by atoms with Gasteiger partial charge in [-0.25, -0.2) is 0 Å². The number of amides is 1. The van der Waals surface area contributed by atoms with Gasteiger partial charge < -0.3 is 30.5 Å². The number of carbonyl (C=O) groups is 2. The zero-order valence-corrected chi connectivity index (χ0v) is 24.9. The topological polar surface area (TPSA) is 127 Å². The van der Waals surface area contributed by atoms with Crippen molar-refractivity contribution in [3.8, 4) is 0 Å². The molecule has 0 radical (unpaired) electrons. The number of aliphatic hydroxyl groups excluding tert-OH is 4. The second kappa shape index (κ2) is 28.3. The quantitative estimate of drug-likeness (QED) is 0.0444. The molecule has 39 heavy (non-hydrogen) atoms. The Hall–Kier alpha value is -1.28. The van der Waals surface area contributed by atoms with E-state index in [1.165, 1.54) is 128 Å². The Morgan fingerprint density at radius 1 is 0.641 bits per heavy atom. The molecule has 0 bridgehead atoms. The lowest BCUT2D eigenvalue weighted by Gasteiger charge is -2.25. The Balaban J connectivity index is 3.49. The predicted molar refractivity (Wildman–Crippen MR) is 159 cm³/mol. The molecule has 5 N–H and O–H groups in total. The van der Waals surface area contributed by atoms with E-state index in [0.29, 0.717) is 6.29 Å². The number of aliphatic hydroxyl groups is 4. The van der Waals surface area contributed by atoms with Gasteiger partial charge >= 0.3 is 0 Å². The van der Waals surface area contributed by atoms with Gasteiger partial charge in [-0.3, -0.25) is 4.79 Å². The highest BCUT2D eigenvalue weighted by molar-refractivity contribution is 5.89. The summed E-state index contributed by atoms with van der Waals surface area (Å²) < 4.78 is 0. The molecule has 0 rings (SSSR count). The van der Waals surface area contributed by atoms with Gasteiger partial charge in [-0.2, -0.15) is 0 Å². The second-order valence-electron chi connectivity index (χ2n) is 11.2. The van der Waals surface area contributed by atoms with Gasteiger partial charge in [-0.05, 0) is 18.9 Å². The van der Waals surface area contributed by atoms with Crippen LogP contribution in [0.4, 0.5) is 0 Å². The van der Waals surface area contributed by atoms with Gasteiger partial charge in [0.1, 0.15) is 30.6 Å². The standard InChI is InChI=1S/C32H61NO6/c1-2-3-4-5-6-7-8-9-10-11-12-13-14-15-16-17-18-19-20-21-22-23-24-25-30(37)33-28(26-34)31(38)32(39)29(36)27-35/h24-26,28-29,31-32,35-36,38-39H,2-23,27H2,1H3,(H,33,37)/t28-,29+,31+,32+/m0/s1. The third-order valence-electron chi connectivity index (χ3n) is 7.50. The fourth-order valence-corrected chi connectivity index (χ4v) is 4.84. The van der Waals surface area contributed by atoms with Crippen molar-refractivity contribution >= 4 is 12.2 Å². The molecule has 0 aromatic heterocycles. The lowest BCUT2D eigenvalue weighted by molar-refractivity contribution is -0.128. The molecule has 0 aliphatic rings. The van der Waals surface area contributed by atoms with Gasteiger partial charge in [0.25, 0.3) is 0 Å². The van der Waals surface area contributed by atoms with E-state index in [1.807, 2.05) is 0 Å². The first kappa shape index (κ1) is 37.7. The van der Waals surface area contributed by atoms with Crippen LogP contribution in [0.5, 0.6) is 0 Å². The van der Waals surface area contributed by atoms with Crippen molar-refractivity contribution in [3.05, 3.63) is 12.2 Å². The first-order chi connectivity index (χ1) is 19.0. The van der Waals surface area contributed by atoms with Crippen LogP contribution in [0.15, 0.2) is 12.2 Å². The molecule has 0 aromatic rings. The van der Waals surface area contributed by atoms with Gasteiger partial charge in [0.2, 0.25) is 5.91 Å². The summed E-state index contributed by atoms with van der Waals surface area (Å²) in [6.45, 7) is 1.51. The monoisotopic (exact) mass is 555 g/mol. The number of unbranched alkanes of at least 4 members (excludes halogenated alkanes) is 21. The molecule has 0 aliphatic heterocycles. The number of nitrogens with one attached hydrogen (secondary N) is 1. The van der Waals surface area contributed by atoms with Crippen molar-refractivity contribution in [3.63, 3.8) is 0 Å². The summed E-state index contributed by atoms with van der Waals surface area (Å²) in [5, 5.41) is 40.1. The van der Waals surface area contributed by atoms with Crippen molar-refractivity contribution in [2.24, 2.45) is 0 Å². The average Bonchev–Trinajstić information content (AvgIpc) is 2.95. The maximum absolute atomic E-state index is 11.9. The molecule has 0 aliphatic carbocycles. The second-order valence-corrected chi connectivity index (χ2v) is 11.2. The minimum absolute atomic E-state index is 0.295. The summed E-state index contributed by atoms with van der Waals surface area (Å²) in [6.07, 6.45) is 27.3. The fraction of sp³-hybridized carbons (Fsp3) is 0.875. The Morgan fingerprint density at radius 2 is 1.03 bits per heavy atom. The third kappa shape index (κ3) is 23.2. The van der Waals surface area contributed by atoms with Crippen molar-refractivity contribution < 1.29 is 30.0 Å². The van der Waals surface area contributed by atoms with Gasteiger partial charge in [0, 0.05) is 0 Å². The maximum atomic E-state index is 11.9. The summed E-state index contributed by atoms with van der Waals surface area (Å²) in [7, 11) is 0. The van der Waals surface area contributed by atoms with Crippen LogP contribution in [0.1, 0.15) is 148 Å². The van der Waals surface area contributed by atoms with Gasteiger partial charge in [-0.1, -0.05) is 141 Å². The van der Waals surface area contributed by atoms with E-state index in [-0.39, 0.29) is 0 Å². The molecule has 0 saturated heterocycles. The first-order valence-electron chi connectivity index (χ1n) is 16.0. The van der Waals surface area contributed by atoms with Crippen molar-refractivity contribution in [2.45, 2.75) is 173 Å². The van der Waals surface area contributed by atoms with Crippen LogP contribution in [0.25, 0.3) is 0 Å². The average molecular weight is 556 g/mol. The maximum Gasteiger partial charge on any atom is 0.244 e. The van der Waals surface area contributed by atoms with Gasteiger partial charge in [0.05, 0.1) is 6.61 Å². The van der Waals surface area contributed by atoms with Crippen LogP contribution in [0.3, 0.4) is 0 Å². The highest BCUT2D eigenvalue weighted by Crippen LogP contribution is 2.15. The lowest BCUT2D eigenvalue weighted by Crippen LogP contribution is -2.53. The van der Waals surface area contributed by atoms with Crippen LogP contribution in [-0.4, -0.2) is 63.6 Å². The van der Waals surface area contributed by atoms with E-state index < -0.39 is 36.9 Å². The largest absolute Gasteiger partial charge is 0.394 e. The normalized spacial score (nSPS) is 14.8. The molecule has 7 heteroatoms. The van der Waals surface area contributed by atoms with Crippen LogP contribution in [0, 0.1) is 0 Å². The molecule has 4 atom stereocenters. The number of aldehydes is 1. The number of carbonyl (C=O) groups excluding carboxylic acids is 2. The van der Waals surface area contributed by atoms with Gasteiger partial charge in [-0.15, -0.1) is 0 Å². The molecule has 0 saturated carbocycles. The zero-order valence-electron chi connectivity index (χ0n) is 24.9. The summed E-state index contributed by atoms with van der Waals surface area (Å²) in [5.74, 6) is -0.555. The SMILES string of the molecule is CCCCCCCCCCCCCCCCCCCCCCCC=CC(=O)N[C@@H](C=O)[C@@H](O)[C@H](O)[C@H](O)CO. The predicted octanol–water partition coefficient (Wildman–Crippen LogP) is 5.90. The number of rotatable bonds is 29. The number of allylic oxidation sites excluding steroid dienone is 1. The Kier molecular flexibility index (Phi) is 27.3. The molecule has 230 valence electrons. The highest BCUT2D eigenvalue weighted by atomic mass is 16.4. The summed E-state index contributed by atoms with van der Waals surface area (Å²) >= 11 is 0. The van der Waals surface area contributed by atoms with Crippen LogP contribution in [-0.2, 0) is 9.59 Å². The molecule has 7 nitrogen and oxygen atoms in total. The van der Waals surface area contributed by atoms with E-state index in [1.54, 1.807) is 6.08 Å². The van der Waals surface area contributed by atoms with E-state index in [0.717, 1.165) is 19.3 Å². The van der Waals surface area contributed by atoms with Crippen molar-refractivity contribution in [1.82, 2.24) is 5.32 Å². The summed E-state index contributed by atoms with van der Waals surface area (Å²) in [6, 6.07) is -1.37. The van der Waals surface area contributed by atoms with E-state index in [9.17, 15) is 24.9 Å². The summed E-state index contributed by atoms with van der Waals surface area (Å²) in [4.78, 5) is 23.1. The number of hydrogen-bond donors (Lipinski definition) is 5. The minimum atomic E-state index is -1.74. The molecule has 0 heterocycles. The van der Waals surface area contributed by atoms with Crippen molar-refractivity contribution in [1.29, 1.82) is 0 Å².